The minimum absolute atomic E-state index is 0.0913. The number of carbonyl (C=O) groups is 1. The molecule has 1 unspecified atom stereocenters. The number of pyridine rings is 1. The average Bonchev–Trinajstić information content (AvgIpc) is 3.66. The Labute approximate surface area is 209 Å². The van der Waals surface area contributed by atoms with Gasteiger partial charge in [-0.2, -0.15) is 0 Å². The lowest BCUT2D eigenvalue weighted by Gasteiger charge is -2.43. The van der Waals surface area contributed by atoms with Gasteiger partial charge in [-0.05, 0) is 62.4 Å². The van der Waals surface area contributed by atoms with Crippen LogP contribution in [0.3, 0.4) is 0 Å². The number of benzene rings is 1. The van der Waals surface area contributed by atoms with Gasteiger partial charge in [-0.3, -0.25) is 9.78 Å². The van der Waals surface area contributed by atoms with Crippen LogP contribution < -0.4 is 4.74 Å². The van der Waals surface area contributed by atoms with Crippen molar-refractivity contribution in [3.05, 3.63) is 47.4 Å². The van der Waals surface area contributed by atoms with Gasteiger partial charge < -0.3 is 19.1 Å². The lowest BCUT2D eigenvalue weighted by Crippen LogP contribution is -2.55. The second-order valence-electron chi connectivity index (χ2n) is 11.0. The molecule has 4 aliphatic heterocycles. The highest BCUT2D eigenvalue weighted by Crippen LogP contribution is 2.60. The fraction of sp³-hybridized carbons (Fsp3) is 0.556. The first kappa shape index (κ1) is 22.2. The fourth-order valence-corrected chi connectivity index (χ4v) is 6.63. The zero-order chi connectivity index (χ0) is 24.5. The fourth-order valence-electron chi connectivity index (χ4n) is 6.63. The van der Waals surface area contributed by atoms with Crippen LogP contribution in [0.4, 0.5) is 0 Å². The number of rotatable bonds is 5. The summed E-state index contributed by atoms with van der Waals surface area (Å²) < 4.78 is 20.1. The van der Waals surface area contributed by atoms with Crippen molar-refractivity contribution in [3.8, 4) is 5.75 Å². The molecule has 9 heteroatoms. The zero-order valence-corrected chi connectivity index (χ0v) is 20.8. The van der Waals surface area contributed by atoms with Crippen molar-refractivity contribution < 1.29 is 19.0 Å². The van der Waals surface area contributed by atoms with Crippen LogP contribution in [0.25, 0.3) is 10.9 Å². The molecule has 5 aliphatic rings. The van der Waals surface area contributed by atoms with Gasteiger partial charge in [-0.1, -0.05) is 5.21 Å². The Morgan fingerprint density at radius 1 is 1.25 bits per heavy atom. The normalized spacial score (nSPS) is 29.7. The topological polar surface area (TPSA) is 91.6 Å². The monoisotopic (exact) mass is 489 g/mol. The van der Waals surface area contributed by atoms with E-state index in [4.69, 9.17) is 14.2 Å². The molecule has 2 atom stereocenters. The SMILES string of the molecule is C[C@@H](Oc1ccc2ncc3c(c2c1)CCOC3)c1cn(C23CC(C)(C2)OC3C(=O)N2CCCC2)nn1. The lowest BCUT2D eigenvalue weighted by molar-refractivity contribution is -0.143. The zero-order valence-electron chi connectivity index (χ0n) is 20.8. The van der Waals surface area contributed by atoms with Gasteiger partial charge in [0.2, 0.25) is 0 Å². The summed E-state index contributed by atoms with van der Waals surface area (Å²) in [5.41, 5.74) is 3.40. The number of carbonyl (C=O) groups excluding carboxylic acids is 1. The van der Waals surface area contributed by atoms with Crippen LogP contribution in [0.5, 0.6) is 5.75 Å². The molecule has 1 aromatic carbocycles. The molecule has 4 fully saturated rings. The van der Waals surface area contributed by atoms with Crippen LogP contribution in [0.1, 0.15) is 62.5 Å². The molecule has 3 saturated heterocycles. The van der Waals surface area contributed by atoms with Crippen LogP contribution in [-0.2, 0) is 32.8 Å². The van der Waals surface area contributed by atoms with Crippen molar-refractivity contribution in [1.29, 1.82) is 0 Å². The van der Waals surface area contributed by atoms with Gasteiger partial charge in [0, 0.05) is 37.5 Å². The third kappa shape index (κ3) is 3.36. The molecule has 9 nitrogen and oxygen atoms in total. The van der Waals surface area contributed by atoms with Crippen LogP contribution in [-0.4, -0.2) is 62.2 Å². The first-order valence-electron chi connectivity index (χ1n) is 13.0. The molecule has 3 aromatic rings. The smallest absolute Gasteiger partial charge is 0.254 e. The van der Waals surface area contributed by atoms with E-state index in [0.29, 0.717) is 6.61 Å². The summed E-state index contributed by atoms with van der Waals surface area (Å²) in [6, 6.07) is 6.02. The van der Waals surface area contributed by atoms with Crippen molar-refractivity contribution >= 4 is 16.8 Å². The molecule has 1 saturated carbocycles. The molecule has 1 aliphatic carbocycles. The second-order valence-corrected chi connectivity index (χ2v) is 11.0. The van der Waals surface area contributed by atoms with E-state index in [1.807, 2.05) is 41.0 Å². The third-order valence-electron chi connectivity index (χ3n) is 8.38. The van der Waals surface area contributed by atoms with Crippen LogP contribution in [0.15, 0.2) is 30.6 Å². The summed E-state index contributed by atoms with van der Waals surface area (Å²) in [6.45, 7) is 7.03. The summed E-state index contributed by atoms with van der Waals surface area (Å²) in [5.74, 6) is 0.862. The molecular weight excluding hydrogens is 458 g/mol. The predicted molar refractivity (Wildman–Crippen MR) is 130 cm³/mol. The van der Waals surface area contributed by atoms with Crippen LogP contribution >= 0.6 is 0 Å². The Hall–Kier alpha value is -3.04. The van der Waals surface area contributed by atoms with Gasteiger partial charge in [0.25, 0.3) is 5.91 Å². The number of likely N-dealkylation sites (tertiary alicyclic amines) is 1. The Bertz CT molecular complexity index is 1340. The number of fused-ring (bicyclic) bond motifs is 4. The van der Waals surface area contributed by atoms with E-state index in [0.717, 1.165) is 79.7 Å². The molecule has 0 N–H and O–H groups in total. The maximum absolute atomic E-state index is 13.3. The second kappa shape index (κ2) is 7.98. The maximum Gasteiger partial charge on any atom is 0.254 e. The van der Waals surface area contributed by atoms with Gasteiger partial charge in [-0.15, -0.1) is 5.10 Å². The quantitative estimate of drug-likeness (QED) is 0.543. The summed E-state index contributed by atoms with van der Waals surface area (Å²) in [7, 11) is 0. The Morgan fingerprint density at radius 2 is 2.08 bits per heavy atom. The number of nitrogens with zero attached hydrogens (tertiary/aromatic N) is 5. The molecule has 36 heavy (non-hydrogen) atoms. The average molecular weight is 490 g/mol. The number of amides is 1. The summed E-state index contributed by atoms with van der Waals surface area (Å²) in [5, 5.41) is 10.0. The molecule has 8 rings (SSSR count). The van der Waals surface area contributed by atoms with E-state index in [1.54, 1.807) is 0 Å². The Kier molecular flexibility index (Phi) is 4.92. The highest BCUT2D eigenvalue weighted by Gasteiger charge is 2.70. The van der Waals surface area contributed by atoms with Gasteiger partial charge in [0.05, 0.1) is 30.5 Å². The largest absolute Gasteiger partial charge is 0.484 e. The van der Waals surface area contributed by atoms with Crippen molar-refractivity contribution in [2.45, 2.75) is 75.9 Å². The molecule has 2 bridgehead atoms. The van der Waals surface area contributed by atoms with Gasteiger partial charge >= 0.3 is 0 Å². The van der Waals surface area contributed by atoms with Crippen LogP contribution in [0, 0.1) is 0 Å². The molecule has 0 spiro atoms. The molecule has 1 amide bonds. The van der Waals surface area contributed by atoms with E-state index in [2.05, 4.69) is 28.3 Å². The first-order chi connectivity index (χ1) is 17.4. The van der Waals surface area contributed by atoms with E-state index in [-0.39, 0.29) is 17.6 Å². The molecule has 6 heterocycles. The molecule has 0 radical (unpaired) electrons. The first-order valence-corrected chi connectivity index (χ1v) is 13.0. The summed E-state index contributed by atoms with van der Waals surface area (Å²) in [6.07, 6.45) is 7.59. The van der Waals surface area contributed by atoms with Gasteiger partial charge in [0.1, 0.15) is 23.1 Å². The molecule has 188 valence electrons. The number of hydrogen-bond acceptors (Lipinski definition) is 7. The third-order valence-corrected chi connectivity index (χ3v) is 8.38. The molecule has 2 aromatic heterocycles. The highest BCUT2D eigenvalue weighted by atomic mass is 16.5. The standard InChI is InChI=1S/C27H31N5O4/c1-17(35-19-5-6-22-21(11-19)20-7-10-34-14-18(20)12-28-22)23-13-32(30-29-23)27-15-26(2,16-27)36-24(27)25(33)31-8-3-4-9-31/h5-6,11-13,17,24H,3-4,7-10,14-16H2,1-2H3/t17-,24?,26?,27?/m1/s1. The van der Waals surface area contributed by atoms with E-state index in [1.165, 1.54) is 5.56 Å². The van der Waals surface area contributed by atoms with E-state index < -0.39 is 11.6 Å². The van der Waals surface area contributed by atoms with Crippen molar-refractivity contribution in [2.75, 3.05) is 19.7 Å². The number of hydrogen-bond donors (Lipinski definition) is 0. The summed E-state index contributed by atoms with van der Waals surface area (Å²) in [4.78, 5) is 19.8. The van der Waals surface area contributed by atoms with Crippen molar-refractivity contribution in [3.63, 3.8) is 0 Å². The predicted octanol–water partition coefficient (Wildman–Crippen LogP) is 3.31. The van der Waals surface area contributed by atoms with E-state index >= 15 is 0 Å². The van der Waals surface area contributed by atoms with Crippen molar-refractivity contribution in [2.24, 2.45) is 0 Å². The minimum Gasteiger partial charge on any atom is -0.484 e. The number of aromatic nitrogens is 4. The Morgan fingerprint density at radius 3 is 2.92 bits per heavy atom. The van der Waals surface area contributed by atoms with Gasteiger partial charge in [-0.25, -0.2) is 4.68 Å². The summed E-state index contributed by atoms with van der Waals surface area (Å²) >= 11 is 0. The van der Waals surface area contributed by atoms with Crippen LogP contribution in [0.2, 0.25) is 0 Å². The lowest BCUT2D eigenvalue weighted by atomic mass is 9.67. The highest BCUT2D eigenvalue weighted by molar-refractivity contribution is 5.85. The van der Waals surface area contributed by atoms with E-state index in [9.17, 15) is 4.79 Å². The van der Waals surface area contributed by atoms with Crippen molar-refractivity contribution in [1.82, 2.24) is 24.9 Å². The minimum atomic E-state index is -0.505. The maximum atomic E-state index is 13.3. The van der Waals surface area contributed by atoms with Gasteiger partial charge in [0.15, 0.2) is 6.10 Å². The number of ether oxygens (including phenoxy) is 3. The molecular formula is C27H31N5O4. The Balaban J connectivity index is 1.13.